The molecule has 0 amide bonds. The number of phenols is 1. The minimum absolute atomic E-state index is 0.131. The van der Waals surface area contributed by atoms with E-state index in [2.05, 4.69) is 6.58 Å². The molecule has 2 aromatic carbocycles. The van der Waals surface area contributed by atoms with Crippen LogP contribution in [0.25, 0.3) is 0 Å². The minimum Gasteiger partial charge on any atom is -0.508 e. The lowest BCUT2D eigenvalue weighted by atomic mass is 9.85. The Labute approximate surface area is 146 Å². The average molecular weight is 336 g/mol. The largest absolute Gasteiger partial charge is 0.508 e. The number of phenolic OH excluding ortho intramolecular Hbond substituents is 1. The molecule has 0 aliphatic heterocycles. The molecule has 0 heterocycles. The molecule has 4 nitrogen and oxygen atoms in total. The van der Waals surface area contributed by atoms with Crippen molar-refractivity contribution in [1.29, 1.82) is 0 Å². The number of rotatable bonds is 6. The maximum atomic E-state index is 11.0. The van der Waals surface area contributed by atoms with Gasteiger partial charge < -0.3 is 15.3 Å². The van der Waals surface area contributed by atoms with Crippen molar-refractivity contribution in [2.24, 2.45) is 0 Å². The zero-order chi connectivity index (χ0) is 18.4. The van der Waals surface area contributed by atoms with Gasteiger partial charge in [0.1, 0.15) is 11.5 Å². The van der Waals surface area contributed by atoms with Gasteiger partial charge in [0.25, 0.3) is 0 Å². The second kappa shape index (κ2) is 8.02. The molecule has 1 unspecified atom stereocenters. The fourth-order valence-corrected chi connectivity index (χ4v) is 2.49. The van der Waals surface area contributed by atoms with Crippen molar-refractivity contribution in [3.63, 3.8) is 0 Å². The molecule has 0 fully saturated rings. The van der Waals surface area contributed by atoms with Crippen LogP contribution in [-0.4, -0.2) is 21.3 Å². The maximum absolute atomic E-state index is 11.0. The standard InChI is InChI=1S/C21H20O4/c1-3-18(22)11-4-14(2)20(16-9-12-19(23)13-10-16)15-5-7-17(8-6-15)21(24)25/h3-13,20,22-23H,2H2,1H3,(H,24,25)/b11-4-,18-3+. The Morgan fingerprint density at radius 3 is 1.96 bits per heavy atom. The number of carboxylic acids is 1. The first kappa shape index (κ1) is 18.1. The lowest BCUT2D eigenvalue weighted by molar-refractivity contribution is 0.0697. The lowest BCUT2D eigenvalue weighted by Crippen LogP contribution is -2.04. The molecule has 0 aliphatic carbocycles. The van der Waals surface area contributed by atoms with Gasteiger partial charge in [0.15, 0.2) is 0 Å². The molecule has 0 radical (unpaired) electrons. The summed E-state index contributed by atoms with van der Waals surface area (Å²) in [7, 11) is 0. The summed E-state index contributed by atoms with van der Waals surface area (Å²) in [5.41, 5.74) is 2.70. The monoisotopic (exact) mass is 336 g/mol. The number of hydrogen-bond donors (Lipinski definition) is 3. The summed E-state index contributed by atoms with van der Waals surface area (Å²) in [4.78, 5) is 11.0. The van der Waals surface area contributed by atoms with Crippen LogP contribution in [0.15, 0.2) is 84.7 Å². The van der Waals surface area contributed by atoms with E-state index in [1.807, 2.05) is 0 Å². The van der Waals surface area contributed by atoms with Crippen LogP contribution in [0, 0.1) is 0 Å². The van der Waals surface area contributed by atoms with Gasteiger partial charge in [0.2, 0.25) is 0 Å². The third kappa shape index (κ3) is 4.61. The number of aromatic carboxylic acids is 1. The molecule has 128 valence electrons. The Balaban J connectivity index is 2.44. The number of aliphatic hydroxyl groups is 1. The number of carboxylic acid groups (broad SMARTS) is 1. The van der Waals surface area contributed by atoms with Crippen LogP contribution >= 0.6 is 0 Å². The van der Waals surface area contributed by atoms with Gasteiger partial charge in [0.05, 0.1) is 5.56 Å². The van der Waals surface area contributed by atoms with Gasteiger partial charge in [-0.1, -0.05) is 36.9 Å². The SMILES string of the molecule is C=C(/C=C\C(O)=C/C)C(c1ccc(O)cc1)c1ccc(C(=O)O)cc1. The molecular formula is C21H20O4. The van der Waals surface area contributed by atoms with E-state index in [0.717, 1.165) is 16.7 Å². The highest BCUT2D eigenvalue weighted by Crippen LogP contribution is 2.33. The van der Waals surface area contributed by atoms with Crippen LogP contribution in [0.2, 0.25) is 0 Å². The molecule has 3 N–H and O–H groups in total. The normalized spacial score (nSPS) is 12.9. The van der Waals surface area contributed by atoms with Gasteiger partial charge in [-0.15, -0.1) is 0 Å². The Bertz CT molecular complexity index is 812. The molecular weight excluding hydrogens is 316 g/mol. The Hall–Kier alpha value is -3.27. The fourth-order valence-electron chi connectivity index (χ4n) is 2.49. The van der Waals surface area contributed by atoms with E-state index >= 15 is 0 Å². The lowest BCUT2D eigenvalue weighted by Gasteiger charge is -2.19. The van der Waals surface area contributed by atoms with Gasteiger partial charge in [-0.2, -0.15) is 0 Å². The third-order valence-corrected chi connectivity index (χ3v) is 3.85. The first-order valence-electron chi connectivity index (χ1n) is 7.76. The highest BCUT2D eigenvalue weighted by atomic mass is 16.4. The van der Waals surface area contributed by atoms with Crippen molar-refractivity contribution in [3.8, 4) is 5.75 Å². The predicted molar refractivity (Wildman–Crippen MR) is 98.0 cm³/mol. The van der Waals surface area contributed by atoms with Crippen molar-refractivity contribution < 1.29 is 20.1 Å². The van der Waals surface area contributed by atoms with Crippen molar-refractivity contribution in [3.05, 3.63) is 101 Å². The van der Waals surface area contributed by atoms with E-state index in [9.17, 15) is 15.0 Å². The topological polar surface area (TPSA) is 77.8 Å². The van der Waals surface area contributed by atoms with Crippen molar-refractivity contribution in [2.45, 2.75) is 12.8 Å². The summed E-state index contributed by atoms with van der Waals surface area (Å²) in [6.45, 7) is 5.82. The first-order valence-corrected chi connectivity index (χ1v) is 7.76. The van der Waals surface area contributed by atoms with Gasteiger partial charge in [-0.3, -0.25) is 0 Å². The molecule has 0 aromatic heterocycles. The van der Waals surface area contributed by atoms with E-state index in [1.165, 1.54) is 0 Å². The average Bonchev–Trinajstić information content (AvgIpc) is 2.62. The molecule has 2 rings (SSSR count). The van der Waals surface area contributed by atoms with Crippen LogP contribution in [0.5, 0.6) is 5.75 Å². The smallest absolute Gasteiger partial charge is 0.335 e. The third-order valence-electron chi connectivity index (χ3n) is 3.85. The number of allylic oxidation sites excluding steroid dienone is 4. The molecule has 1 atom stereocenters. The Morgan fingerprint density at radius 2 is 1.48 bits per heavy atom. The van der Waals surface area contributed by atoms with Crippen LogP contribution < -0.4 is 0 Å². The van der Waals surface area contributed by atoms with Crippen LogP contribution in [0.1, 0.15) is 34.3 Å². The highest BCUT2D eigenvalue weighted by molar-refractivity contribution is 5.87. The predicted octanol–water partition coefficient (Wildman–Crippen LogP) is 4.80. The molecule has 0 bridgehead atoms. The zero-order valence-electron chi connectivity index (χ0n) is 13.9. The van der Waals surface area contributed by atoms with Crippen molar-refractivity contribution >= 4 is 5.97 Å². The van der Waals surface area contributed by atoms with Crippen molar-refractivity contribution in [2.75, 3.05) is 0 Å². The highest BCUT2D eigenvalue weighted by Gasteiger charge is 2.17. The second-order valence-corrected chi connectivity index (χ2v) is 5.57. The van der Waals surface area contributed by atoms with Gasteiger partial charge >= 0.3 is 5.97 Å². The summed E-state index contributed by atoms with van der Waals surface area (Å²) < 4.78 is 0. The number of aliphatic hydroxyl groups excluding tert-OH is 1. The number of aromatic hydroxyl groups is 1. The Kier molecular flexibility index (Phi) is 5.79. The minimum atomic E-state index is -0.982. The van der Waals surface area contributed by atoms with Gasteiger partial charge in [-0.25, -0.2) is 4.79 Å². The first-order chi connectivity index (χ1) is 11.9. The summed E-state index contributed by atoms with van der Waals surface area (Å²) >= 11 is 0. The van der Waals surface area contributed by atoms with E-state index in [4.69, 9.17) is 5.11 Å². The second-order valence-electron chi connectivity index (χ2n) is 5.57. The quantitative estimate of drug-likeness (QED) is 0.523. The van der Waals surface area contributed by atoms with E-state index in [-0.39, 0.29) is 23.0 Å². The number of benzene rings is 2. The molecule has 0 spiro atoms. The number of carbonyl (C=O) groups is 1. The number of hydrogen-bond acceptors (Lipinski definition) is 3. The summed E-state index contributed by atoms with van der Waals surface area (Å²) in [5, 5.41) is 28.2. The molecule has 0 saturated carbocycles. The molecule has 4 heteroatoms. The summed E-state index contributed by atoms with van der Waals surface area (Å²) in [6, 6.07) is 13.4. The Morgan fingerprint density at radius 1 is 0.960 bits per heavy atom. The van der Waals surface area contributed by atoms with Gasteiger partial charge in [-0.05, 0) is 60.0 Å². The van der Waals surface area contributed by atoms with Crippen LogP contribution in [0.4, 0.5) is 0 Å². The molecule has 2 aromatic rings. The van der Waals surface area contributed by atoms with Gasteiger partial charge in [0, 0.05) is 5.92 Å². The van der Waals surface area contributed by atoms with Crippen molar-refractivity contribution in [1.82, 2.24) is 0 Å². The molecule has 0 saturated heterocycles. The fraction of sp³-hybridized carbons (Fsp3) is 0.0952. The summed E-state index contributed by atoms with van der Waals surface area (Å²) in [6.07, 6.45) is 4.85. The van der Waals surface area contributed by atoms with E-state index in [1.54, 1.807) is 73.7 Å². The molecule has 25 heavy (non-hydrogen) atoms. The molecule has 0 aliphatic rings. The van der Waals surface area contributed by atoms with E-state index < -0.39 is 5.97 Å². The van der Waals surface area contributed by atoms with Crippen LogP contribution in [0.3, 0.4) is 0 Å². The van der Waals surface area contributed by atoms with E-state index in [0.29, 0.717) is 0 Å². The van der Waals surface area contributed by atoms with Crippen LogP contribution in [-0.2, 0) is 0 Å². The summed E-state index contributed by atoms with van der Waals surface area (Å²) in [5.74, 6) is -0.919. The zero-order valence-corrected chi connectivity index (χ0v) is 13.9. The maximum Gasteiger partial charge on any atom is 0.335 e.